The first-order valence-electron chi connectivity index (χ1n) is 21.8. The minimum atomic E-state index is -5.79. The molecule has 29 heteroatoms. The topological polar surface area (TPSA) is 361 Å². The molecule has 1 aromatic heterocycles. The first-order valence-corrected chi connectivity index (χ1v) is 27.9. The second-order valence-electron chi connectivity index (χ2n) is 18.0. The highest BCUT2D eigenvalue weighted by molar-refractivity contribution is 7.86. The van der Waals surface area contributed by atoms with Crippen LogP contribution >= 0.6 is 23.5 Å². The average molecular weight is 1070 g/mol. The molecule has 2 unspecified atom stereocenters. The number of ether oxygens (including phenoxy) is 2. The number of phosphoric acid groups is 3. The van der Waals surface area contributed by atoms with Crippen LogP contribution in [0.25, 0.3) is 11.1 Å². The molecule has 1 fully saturated rings. The van der Waals surface area contributed by atoms with Crippen molar-refractivity contribution in [2.45, 2.75) is 90.3 Å². The second kappa shape index (κ2) is 19.8. The molecule has 0 radical (unpaired) electrons. The zero-order chi connectivity index (χ0) is 52.2. The minimum absolute atomic E-state index is 0.0296. The molecular formula is C42H53N7O18P3S+. The number of allylic oxidation sites excluding steroid dienone is 1. The highest BCUT2D eigenvalue weighted by Gasteiger charge is 2.43. The number of amides is 1. The summed E-state index contributed by atoms with van der Waals surface area (Å²) < 4.78 is 96.1. The molecule has 1 amide bonds. The van der Waals surface area contributed by atoms with Crippen LogP contribution in [0.15, 0.2) is 52.4 Å². The molecule has 3 aromatic rings. The lowest BCUT2D eigenvalue weighted by Gasteiger charge is -2.43. The molecule has 71 heavy (non-hydrogen) atoms. The third-order valence-electron chi connectivity index (χ3n) is 11.8. The number of aliphatic hydroxyl groups is 1. The van der Waals surface area contributed by atoms with E-state index >= 15 is 0 Å². The van der Waals surface area contributed by atoms with E-state index in [2.05, 4.69) is 74.0 Å². The lowest BCUT2D eigenvalue weighted by molar-refractivity contribution is -0.120. The van der Waals surface area contributed by atoms with Crippen molar-refractivity contribution in [2.75, 3.05) is 42.6 Å². The molecule has 5 heterocycles. The lowest BCUT2D eigenvalue weighted by atomic mass is 9.88. The standard InChI is InChI=1S/C42H52N7O18P3S/c1-7-48-31-16-34-29(14-27(31)24(2)19-41(48,3)4)45-30-15-28-26(23-71(60,61)62)20-42(5,6)49(32(28)17-35(30)64-34)13-9-11-37(51)44-12-8-10-25-21-47(40(52)46-39(25)43)38-18-33(50)36(65-38)22-63-69(56,57)67-70(58,59)66-68(53,54)55/h14-17,19-21,33,36,38,50H,7,9,11-13,18,22-23H2,1-6H3,(H7-,43,44,46,51,52,53,54,55,56,57,58,59,60,61,62)/p+1/t33-,36+,38+/m0/s1. The van der Waals surface area contributed by atoms with Crippen LogP contribution in [0.1, 0.15) is 83.7 Å². The summed E-state index contributed by atoms with van der Waals surface area (Å²) in [6.07, 6.45) is 1.14. The van der Waals surface area contributed by atoms with E-state index in [9.17, 15) is 51.1 Å². The highest BCUT2D eigenvalue weighted by atomic mass is 32.2. The maximum absolute atomic E-state index is 13.1. The molecule has 2 aromatic carbocycles. The number of carbonyl (C=O) groups is 1. The van der Waals surface area contributed by atoms with Gasteiger partial charge >= 0.3 is 29.2 Å². The fourth-order valence-electron chi connectivity index (χ4n) is 8.97. The van der Waals surface area contributed by atoms with Crippen molar-refractivity contribution in [2.24, 2.45) is 4.99 Å². The summed E-state index contributed by atoms with van der Waals surface area (Å²) in [5.41, 5.74) is 8.70. The van der Waals surface area contributed by atoms with Gasteiger partial charge in [-0.3, -0.25) is 18.4 Å². The van der Waals surface area contributed by atoms with Gasteiger partial charge in [-0.15, -0.1) is 0 Å². The van der Waals surface area contributed by atoms with E-state index in [0.717, 1.165) is 27.9 Å². The zero-order valence-electron chi connectivity index (χ0n) is 39.1. The van der Waals surface area contributed by atoms with Crippen molar-refractivity contribution in [1.82, 2.24) is 19.4 Å². The number of nitrogen functional groups attached to an aromatic ring is 1. The molecule has 9 N–H and O–H groups in total. The van der Waals surface area contributed by atoms with E-state index in [-0.39, 0.29) is 42.2 Å². The van der Waals surface area contributed by atoms with Gasteiger partial charge in [0.25, 0.3) is 10.1 Å². The van der Waals surface area contributed by atoms with Crippen LogP contribution in [0.4, 0.5) is 17.2 Å². The van der Waals surface area contributed by atoms with Gasteiger partial charge in [-0.1, -0.05) is 17.9 Å². The van der Waals surface area contributed by atoms with Gasteiger partial charge in [-0.05, 0) is 57.0 Å². The predicted octanol–water partition coefficient (Wildman–Crippen LogP) is 2.40. The maximum Gasteiger partial charge on any atom is 0.490 e. The smallest absolute Gasteiger partial charge is 0.452 e. The molecule has 25 nitrogen and oxygen atoms in total. The maximum atomic E-state index is 13.1. The summed E-state index contributed by atoms with van der Waals surface area (Å²) in [5, 5.41) is 14.3. The van der Waals surface area contributed by atoms with E-state index in [1.165, 1.54) is 6.20 Å². The molecule has 4 aliphatic rings. The number of hydrogen-bond acceptors (Lipinski definition) is 17. The number of carbonyl (C=O) groups excluding carboxylic acids is 1. The highest BCUT2D eigenvalue weighted by Crippen LogP contribution is 2.66. The molecule has 384 valence electrons. The molecule has 0 saturated carbocycles. The number of nitrogens with two attached hydrogens (primary N) is 1. The molecule has 0 aliphatic carbocycles. The molecule has 1 saturated heterocycles. The van der Waals surface area contributed by atoms with Gasteiger partial charge in [0.15, 0.2) is 17.0 Å². The van der Waals surface area contributed by atoms with Gasteiger partial charge in [0.2, 0.25) is 11.3 Å². The summed E-state index contributed by atoms with van der Waals surface area (Å²) >= 11 is 0. The Labute approximate surface area is 406 Å². The fourth-order valence-corrected chi connectivity index (χ4v) is 12.6. The van der Waals surface area contributed by atoms with Crippen molar-refractivity contribution in [3.63, 3.8) is 0 Å². The van der Waals surface area contributed by atoms with Crippen molar-refractivity contribution in [1.29, 1.82) is 0 Å². The van der Waals surface area contributed by atoms with Crippen LogP contribution in [-0.2, 0) is 46.5 Å². The van der Waals surface area contributed by atoms with Gasteiger partial charge in [0.1, 0.15) is 41.5 Å². The summed E-state index contributed by atoms with van der Waals surface area (Å²) in [4.78, 5) is 73.4. The van der Waals surface area contributed by atoms with Gasteiger partial charge in [-0.2, -0.15) is 22.0 Å². The van der Waals surface area contributed by atoms with Crippen molar-refractivity contribution in [3.8, 4) is 23.3 Å². The van der Waals surface area contributed by atoms with E-state index in [4.69, 9.17) is 30.0 Å². The van der Waals surface area contributed by atoms with Crippen LogP contribution in [0.3, 0.4) is 0 Å². The molecule has 0 bridgehead atoms. The number of fused-ring (bicyclic) bond motifs is 4. The fraction of sp³-hybridized carbons (Fsp3) is 0.452. The summed E-state index contributed by atoms with van der Waals surface area (Å²) in [7, 11) is -21.4. The number of aromatic nitrogens is 2. The number of phosphoric ester groups is 1. The van der Waals surface area contributed by atoms with Crippen molar-refractivity contribution in [3.05, 3.63) is 80.5 Å². The minimum Gasteiger partial charge on any atom is -0.452 e. The number of hydrogen-bond donors (Lipinski definition) is 8. The Kier molecular flexibility index (Phi) is 15.0. The Morgan fingerprint density at radius 2 is 1.76 bits per heavy atom. The third-order valence-corrected chi connectivity index (χ3v) is 16.3. The molecule has 0 spiro atoms. The van der Waals surface area contributed by atoms with Gasteiger partial charge in [0.05, 0.1) is 42.0 Å². The number of nitrogens with one attached hydrogen (secondary N) is 1. The normalized spacial score (nSPS) is 21.5. The van der Waals surface area contributed by atoms with Crippen LogP contribution in [0.5, 0.6) is 11.5 Å². The van der Waals surface area contributed by atoms with Gasteiger partial charge < -0.3 is 50.1 Å². The predicted molar refractivity (Wildman–Crippen MR) is 255 cm³/mol. The van der Waals surface area contributed by atoms with Gasteiger partial charge in [-0.25, -0.2) is 28.1 Å². The number of likely N-dealkylation sites (N-methyl/N-ethyl adjacent to an activating group) is 1. The Balaban J connectivity index is 1.02. The van der Waals surface area contributed by atoms with Crippen LogP contribution in [0.2, 0.25) is 0 Å². The van der Waals surface area contributed by atoms with Crippen LogP contribution in [0, 0.1) is 11.8 Å². The monoisotopic (exact) mass is 1070 g/mol. The zero-order valence-corrected chi connectivity index (χ0v) is 42.6. The second-order valence-corrected chi connectivity index (χ2v) is 23.9. The number of aliphatic hydroxyl groups excluding tert-OH is 1. The Morgan fingerprint density at radius 1 is 1.04 bits per heavy atom. The van der Waals surface area contributed by atoms with Crippen LogP contribution in [-0.4, -0.2) is 108 Å². The number of nitrogens with zero attached hydrogens (tertiary/aromatic N) is 5. The van der Waals surface area contributed by atoms with Crippen LogP contribution < -0.4 is 41.7 Å². The van der Waals surface area contributed by atoms with Crippen molar-refractivity contribution >= 4 is 67.8 Å². The molecule has 7 rings (SSSR count). The van der Waals surface area contributed by atoms with Gasteiger partial charge in [0, 0.05) is 63.2 Å². The first kappa shape index (κ1) is 53.9. The number of rotatable bonds is 16. The lowest BCUT2D eigenvalue weighted by Crippen LogP contribution is -2.50. The Morgan fingerprint density at radius 3 is 2.44 bits per heavy atom. The van der Waals surface area contributed by atoms with E-state index in [0.29, 0.717) is 52.0 Å². The molecule has 4 aliphatic heterocycles. The Hall–Kier alpha value is -4.93. The first-order chi connectivity index (χ1) is 32.8. The average Bonchev–Trinajstić information content (AvgIpc) is 3.59. The quantitative estimate of drug-likeness (QED) is 0.0345. The summed E-state index contributed by atoms with van der Waals surface area (Å²) in [6.45, 7) is 12.2. The SMILES string of the molecule is CCN1c2cc3c(cc2C(C)=CC1(C)C)N=c1cc2c(cc1O3)=[N+](CCCC(=O)NCC#Cc1cn([C@H]3C[C@H](O)[C@@H](COP(=O)(O)OP(=O)(O)OP(=O)(O)O)O3)c(=O)nc1N)C(C)(C)C=C2CS(=O)(=O)O. The van der Waals surface area contributed by atoms with Crippen molar-refractivity contribution < 1.29 is 78.8 Å². The van der Waals surface area contributed by atoms with E-state index in [1.807, 2.05) is 30.6 Å². The number of anilines is 2. The summed E-state index contributed by atoms with van der Waals surface area (Å²) in [6, 6.07) is 7.54. The Bertz CT molecular complexity index is 3290. The van der Waals surface area contributed by atoms with E-state index in [1.54, 1.807) is 18.2 Å². The largest absolute Gasteiger partial charge is 0.490 e. The third kappa shape index (κ3) is 12.6. The summed E-state index contributed by atoms with van der Waals surface area (Å²) in [5.74, 6) is 5.19. The number of benzene rings is 2. The molecule has 5 atom stereocenters. The van der Waals surface area contributed by atoms with E-state index < -0.39 is 75.6 Å². The molecular weight excluding hydrogens is 1020 g/mol.